The molecule has 3 aromatic rings. The van der Waals surface area contributed by atoms with E-state index >= 15 is 0 Å². The van der Waals surface area contributed by atoms with Gasteiger partial charge in [-0.25, -0.2) is 4.79 Å². The van der Waals surface area contributed by atoms with Crippen LogP contribution in [0.1, 0.15) is 18.2 Å². The summed E-state index contributed by atoms with van der Waals surface area (Å²) >= 11 is 0. The van der Waals surface area contributed by atoms with E-state index in [1.165, 1.54) is 0 Å². The molecule has 0 unspecified atom stereocenters. The number of aromatic nitrogens is 1. The van der Waals surface area contributed by atoms with Crippen molar-refractivity contribution >= 4 is 18.1 Å². The normalized spacial score (nSPS) is 10.6. The van der Waals surface area contributed by atoms with Gasteiger partial charge in [-0.15, -0.1) is 0 Å². The lowest BCUT2D eigenvalue weighted by atomic mass is 10.1. The SMILES string of the molecule is CCOc1cc(/C=C/c2ccccn2)ccc1OC(=O)COc1ccccc1. The predicted molar refractivity (Wildman–Crippen MR) is 108 cm³/mol. The van der Waals surface area contributed by atoms with E-state index < -0.39 is 5.97 Å². The molecule has 0 bridgehead atoms. The van der Waals surface area contributed by atoms with Gasteiger partial charge in [0.1, 0.15) is 5.75 Å². The van der Waals surface area contributed by atoms with E-state index in [9.17, 15) is 4.79 Å². The molecule has 142 valence electrons. The largest absolute Gasteiger partial charge is 0.490 e. The van der Waals surface area contributed by atoms with E-state index in [4.69, 9.17) is 14.2 Å². The minimum atomic E-state index is -0.499. The average Bonchev–Trinajstić information content (AvgIpc) is 2.74. The van der Waals surface area contributed by atoms with Gasteiger partial charge < -0.3 is 14.2 Å². The minimum absolute atomic E-state index is 0.184. The number of rotatable bonds is 8. The number of benzene rings is 2. The zero-order valence-electron chi connectivity index (χ0n) is 15.6. The van der Waals surface area contributed by atoms with Crippen molar-refractivity contribution in [1.82, 2.24) is 4.98 Å². The van der Waals surface area contributed by atoms with Crippen molar-refractivity contribution in [2.75, 3.05) is 13.2 Å². The molecule has 0 spiro atoms. The highest BCUT2D eigenvalue weighted by Crippen LogP contribution is 2.29. The first-order chi connectivity index (χ1) is 13.7. The second-order valence-electron chi connectivity index (χ2n) is 5.80. The summed E-state index contributed by atoms with van der Waals surface area (Å²) in [6.45, 7) is 2.15. The van der Waals surface area contributed by atoms with Gasteiger partial charge in [-0.3, -0.25) is 4.98 Å². The highest BCUT2D eigenvalue weighted by molar-refractivity contribution is 5.76. The first kappa shape index (κ1) is 19.2. The van der Waals surface area contributed by atoms with Gasteiger partial charge in [0, 0.05) is 6.20 Å². The second kappa shape index (κ2) is 9.92. The summed E-state index contributed by atoms with van der Waals surface area (Å²) in [4.78, 5) is 16.4. The standard InChI is InChI=1S/C23H21NO4/c1-2-26-22-16-18(11-13-19-8-6-7-15-24-19)12-14-21(22)28-23(25)17-27-20-9-4-3-5-10-20/h3-16H,2,17H2,1H3/b13-11+. The molecule has 5 nitrogen and oxygen atoms in total. The number of esters is 1. The molecule has 0 fully saturated rings. The molecule has 0 radical (unpaired) electrons. The number of carbonyl (C=O) groups is 1. The molecule has 28 heavy (non-hydrogen) atoms. The van der Waals surface area contributed by atoms with Gasteiger partial charge in [0.2, 0.25) is 0 Å². The molecule has 0 amide bonds. The molecule has 1 aromatic heterocycles. The van der Waals surface area contributed by atoms with Gasteiger partial charge in [-0.2, -0.15) is 0 Å². The van der Waals surface area contributed by atoms with Gasteiger partial charge in [-0.05, 0) is 55.0 Å². The van der Waals surface area contributed by atoms with E-state index in [1.807, 2.05) is 67.6 Å². The highest BCUT2D eigenvalue weighted by Gasteiger charge is 2.12. The first-order valence-electron chi connectivity index (χ1n) is 8.99. The molecule has 0 aliphatic heterocycles. The molecule has 0 N–H and O–H groups in total. The van der Waals surface area contributed by atoms with Gasteiger partial charge >= 0.3 is 5.97 Å². The lowest BCUT2D eigenvalue weighted by Crippen LogP contribution is -2.18. The lowest BCUT2D eigenvalue weighted by molar-refractivity contribution is -0.136. The zero-order valence-corrected chi connectivity index (χ0v) is 15.6. The summed E-state index contributed by atoms with van der Waals surface area (Å²) in [6.07, 6.45) is 5.57. The Kier molecular flexibility index (Phi) is 6.79. The van der Waals surface area contributed by atoms with Crippen molar-refractivity contribution in [2.24, 2.45) is 0 Å². The van der Waals surface area contributed by atoms with Gasteiger partial charge in [0.25, 0.3) is 0 Å². The Bertz CT molecular complexity index is 924. The molecule has 0 saturated heterocycles. The molecular formula is C23H21NO4. The van der Waals surface area contributed by atoms with Crippen LogP contribution in [0.25, 0.3) is 12.2 Å². The highest BCUT2D eigenvalue weighted by atomic mass is 16.6. The Labute approximate surface area is 164 Å². The third-order valence-electron chi connectivity index (χ3n) is 3.73. The summed E-state index contributed by atoms with van der Waals surface area (Å²) in [7, 11) is 0. The Hall–Kier alpha value is -3.60. The third-order valence-corrected chi connectivity index (χ3v) is 3.73. The van der Waals surface area contributed by atoms with Crippen LogP contribution in [0, 0.1) is 0 Å². The Morgan fingerprint density at radius 2 is 1.75 bits per heavy atom. The van der Waals surface area contributed by atoms with Crippen LogP contribution < -0.4 is 14.2 Å². The van der Waals surface area contributed by atoms with Crippen LogP contribution in [-0.4, -0.2) is 24.2 Å². The first-order valence-corrected chi connectivity index (χ1v) is 8.99. The fraction of sp³-hybridized carbons (Fsp3) is 0.130. The van der Waals surface area contributed by atoms with Crippen molar-refractivity contribution < 1.29 is 19.0 Å². The molecule has 2 aromatic carbocycles. The molecule has 0 atom stereocenters. The number of hydrogen-bond donors (Lipinski definition) is 0. The smallest absolute Gasteiger partial charge is 0.349 e. The number of nitrogens with zero attached hydrogens (tertiary/aromatic N) is 1. The second-order valence-corrected chi connectivity index (χ2v) is 5.80. The molecule has 0 aliphatic rings. The Morgan fingerprint density at radius 3 is 2.50 bits per heavy atom. The summed E-state index contributed by atoms with van der Waals surface area (Å²) in [5, 5.41) is 0. The summed E-state index contributed by atoms with van der Waals surface area (Å²) in [5.74, 6) is 0.971. The van der Waals surface area contributed by atoms with E-state index in [0.717, 1.165) is 11.3 Å². The van der Waals surface area contributed by atoms with Gasteiger partial charge in [-0.1, -0.05) is 36.4 Å². The number of pyridine rings is 1. The number of carbonyl (C=O) groups excluding carboxylic acids is 1. The molecular weight excluding hydrogens is 354 g/mol. The van der Waals surface area contributed by atoms with Crippen molar-refractivity contribution in [3.63, 3.8) is 0 Å². The maximum atomic E-state index is 12.1. The molecule has 5 heteroatoms. The maximum Gasteiger partial charge on any atom is 0.349 e. The molecule has 0 saturated carbocycles. The quantitative estimate of drug-likeness (QED) is 0.424. The number of ether oxygens (including phenoxy) is 3. The number of para-hydroxylation sites is 1. The molecule has 0 aliphatic carbocycles. The summed E-state index contributed by atoms with van der Waals surface area (Å²) in [5.41, 5.74) is 1.77. The summed E-state index contributed by atoms with van der Waals surface area (Å²) in [6, 6.07) is 20.2. The molecule has 1 heterocycles. The van der Waals surface area contributed by atoms with Crippen LogP contribution in [0.4, 0.5) is 0 Å². The van der Waals surface area contributed by atoms with Crippen LogP contribution in [0.3, 0.4) is 0 Å². The summed E-state index contributed by atoms with van der Waals surface area (Å²) < 4.78 is 16.5. The Balaban J connectivity index is 1.66. The van der Waals surface area contributed by atoms with Crippen molar-refractivity contribution in [2.45, 2.75) is 6.92 Å². The van der Waals surface area contributed by atoms with Crippen LogP contribution in [0.2, 0.25) is 0 Å². The van der Waals surface area contributed by atoms with Crippen molar-refractivity contribution in [3.8, 4) is 17.2 Å². The van der Waals surface area contributed by atoms with Crippen LogP contribution in [-0.2, 0) is 4.79 Å². The van der Waals surface area contributed by atoms with Crippen LogP contribution in [0.15, 0.2) is 72.9 Å². The predicted octanol–water partition coefficient (Wildman–Crippen LogP) is 4.64. The zero-order chi connectivity index (χ0) is 19.6. The topological polar surface area (TPSA) is 57.7 Å². The van der Waals surface area contributed by atoms with Crippen molar-refractivity contribution in [1.29, 1.82) is 0 Å². The maximum absolute atomic E-state index is 12.1. The lowest BCUT2D eigenvalue weighted by Gasteiger charge is -2.12. The van der Waals surface area contributed by atoms with E-state index in [1.54, 1.807) is 24.4 Å². The molecule has 3 rings (SSSR count). The monoisotopic (exact) mass is 375 g/mol. The Morgan fingerprint density at radius 1 is 0.929 bits per heavy atom. The number of hydrogen-bond acceptors (Lipinski definition) is 5. The van der Waals surface area contributed by atoms with Gasteiger partial charge in [0.15, 0.2) is 18.1 Å². The fourth-order valence-electron chi connectivity index (χ4n) is 2.45. The van der Waals surface area contributed by atoms with E-state index in [2.05, 4.69) is 4.98 Å². The van der Waals surface area contributed by atoms with Crippen molar-refractivity contribution in [3.05, 3.63) is 84.2 Å². The van der Waals surface area contributed by atoms with Gasteiger partial charge in [0.05, 0.1) is 12.3 Å². The minimum Gasteiger partial charge on any atom is -0.490 e. The van der Waals surface area contributed by atoms with E-state index in [0.29, 0.717) is 23.9 Å². The fourth-order valence-corrected chi connectivity index (χ4v) is 2.45. The van der Waals surface area contributed by atoms with Crippen LogP contribution in [0.5, 0.6) is 17.2 Å². The van der Waals surface area contributed by atoms with Crippen LogP contribution >= 0.6 is 0 Å². The average molecular weight is 375 g/mol. The third kappa shape index (κ3) is 5.71. The van der Waals surface area contributed by atoms with E-state index in [-0.39, 0.29) is 6.61 Å².